The van der Waals surface area contributed by atoms with Crippen molar-refractivity contribution in [2.24, 2.45) is 0 Å². The zero-order valence-corrected chi connectivity index (χ0v) is 12.5. The van der Waals surface area contributed by atoms with E-state index < -0.39 is 0 Å². The molecular formula is C12H12Br2N2O. The first-order chi connectivity index (χ1) is 8.20. The van der Waals surface area contributed by atoms with E-state index in [0.717, 1.165) is 22.5 Å². The Balaban J connectivity index is 2.14. The minimum Gasteiger partial charge on any atom is -0.496 e. The van der Waals surface area contributed by atoms with Gasteiger partial charge in [-0.3, -0.25) is 0 Å². The Morgan fingerprint density at radius 2 is 2.29 bits per heavy atom. The molecule has 0 spiro atoms. The number of hydrogen-bond acceptors (Lipinski definition) is 2. The van der Waals surface area contributed by atoms with Gasteiger partial charge in [0.05, 0.1) is 11.6 Å². The first-order valence-electron chi connectivity index (χ1n) is 5.16. The van der Waals surface area contributed by atoms with E-state index in [1.807, 2.05) is 18.3 Å². The molecule has 0 aliphatic rings. The Morgan fingerprint density at radius 3 is 2.88 bits per heavy atom. The zero-order chi connectivity index (χ0) is 12.3. The molecule has 1 unspecified atom stereocenters. The third kappa shape index (κ3) is 3.10. The van der Waals surface area contributed by atoms with E-state index >= 15 is 0 Å². The monoisotopic (exact) mass is 358 g/mol. The summed E-state index contributed by atoms with van der Waals surface area (Å²) in [6.45, 7) is 0. The lowest BCUT2D eigenvalue weighted by atomic mass is 10.1. The second kappa shape index (κ2) is 5.69. The van der Waals surface area contributed by atoms with Gasteiger partial charge in [-0.1, -0.05) is 22.0 Å². The number of halogens is 2. The van der Waals surface area contributed by atoms with Crippen molar-refractivity contribution in [3.63, 3.8) is 0 Å². The van der Waals surface area contributed by atoms with Gasteiger partial charge in [0.25, 0.3) is 0 Å². The van der Waals surface area contributed by atoms with Gasteiger partial charge in [-0.2, -0.15) is 0 Å². The van der Waals surface area contributed by atoms with Gasteiger partial charge >= 0.3 is 0 Å². The van der Waals surface area contributed by atoms with Crippen LogP contribution in [0.5, 0.6) is 5.75 Å². The number of aromatic amines is 1. The third-order valence-electron chi connectivity index (χ3n) is 2.46. The zero-order valence-electron chi connectivity index (χ0n) is 9.28. The summed E-state index contributed by atoms with van der Waals surface area (Å²) in [6, 6.07) is 6.06. The Hall–Kier alpha value is -0.810. The topological polar surface area (TPSA) is 37.9 Å². The summed E-state index contributed by atoms with van der Waals surface area (Å²) in [5, 5.41) is 0. The predicted octanol–water partition coefficient (Wildman–Crippen LogP) is 3.86. The number of alkyl halides is 1. The molecular weight excluding hydrogens is 348 g/mol. The second-order valence-corrected chi connectivity index (χ2v) is 5.56. The number of rotatable bonds is 4. The molecule has 0 aliphatic heterocycles. The molecule has 1 heterocycles. The number of ether oxygens (including phenoxy) is 1. The van der Waals surface area contributed by atoms with E-state index in [9.17, 15) is 0 Å². The molecule has 1 N–H and O–H groups in total. The van der Waals surface area contributed by atoms with Crippen LogP contribution in [0, 0.1) is 0 Å². The van der Waals surface area contributed by atoms with Crippen LogP contribution in [-0.2, 0) is 6.42 Å². The highest BCUT2D eigenvalue weighted by molar-refractivity contribution is 9.10. The molecule has 17 heavy (non-hydrogen) atoms. The standard InChI is InChI=1S/C12H12Br2N2O/c1-17-11-3-2-8(6-10(11)14)9(13)7-12-15-4-5-16-12/h2-6,9H,7H2,1H3,(H,15,16). The molecule has 1 aromatic heterocycles. The van der Waals surface area contributed by atoms with Crippen LogP contribution in [0.2, 0.25) is 0 Å². The molecule has 0 amide bonds. The predicted molar refractivity (Wildman–Crippen MR) is 74.7 cm³/mol. The largest absolute Gasteiger partial charge is 0.496 e. The fraction of sp³-hybridized carbons (Fsp3) is 0.250. The summed E-state index contributed by atoms with van der Waals surface area (Å²) in [4.78, 5) is 7.55. The number of H-pyrrole nitrogens is 1. The average Bonchev–Trinajstić information content (AvgIpc) is 2.81. The number of benzene rings is 1. The minimum atomic E-state index is 0.232. The number of nitrogens with one attached hydrogen (secondary N) is 1. The summed E-state index contributed by atoms with van der Waals surface area (Å²) in [7, 11) is 1.66. The van der Waals surface area contributed by atoms with Gasteiger partial charge in [0.2, 0.25) is 0 Å². The second-order valence-electron chi connectivity index (χ2n) is 3.60. The van der Waals surface area contributed by atoms with Gasteiger partial charge in [-0.15, -0.1) is 0 Å². The van der Waals surface area contributed by atoms with Crippen LogP contribution in [0.1, 0.15) is 16.2 Å². The third-order valence-corrected chi connectivity index (χ3v) is 3.94. The lowest BCUT2D eigenvalue weighted by Crippen LogP contribution is -1.97. The lowest BCUT2D eigenvalue weighted by molar-refractivity contribution is 0.412. The van der Waals surface area contributed by atoms with E-state index in [2.05, 4.69) is 47.9 Å². The molecule has 2 aromatic rings. The summed E-state index contributed by atoms with van der Waals surface area (Å²) in [5.74, 6) is 1.81. The van der Waals surface area contributed by atoms with E-state index in [-0.39, 0.29) is 4.83 Å². The Kier molecular flexibility index (Phi) is 4.23. The van der Waals surface area contributed by atoms with Gasteiger partial charge < -0.3 is 9.72 Å². The highest BCUT2D eigenvalue weighted by Crippen LogP contribution is 2.32. The first-order valence-corrected chi connectivity index (χ1v) is 6.87. The van der Waals surface area contributed by atoms with Crippen molar-refractivity contribution in [2.75, 3.05) is 7.11 Å². The van der Waals surface area contributed by atoms with Gasteiger partial charge in [0.1, 0.15) is 11.6 Å². The summed E-state index contributed by atoms with van der Waals surface area (Å²) >= 11 is 7.15. The van der Waals surface area contributed by atoms with Crippen molar-refractivity contribution >= 4 is 31.9 Å². The van der Waals surface area contributed by atoms with E-state index in [4.69, 9.17) is 4.74 Å². The van der Waals surface area contributed by atoms with Crippen molar-refractivity contribution in [2.45, 2.75) is 11.2 Å². The van der Waals surface area contributed by atoms with Crippen LogP contribution in [0.25, 0.3) is 0 Å². The molecule has 0 aliphatic carbocycles. The quantitative estimate of drug-likeness (QED) is 0.841. The average molecular weight is 360 g/mol. The normalized spacial score (nSPS) is 12.4. The lowest BCUT2D eigenvalue weighted by Gasteiger charge is -2.11. The van der Waals surface area contributed by atoms with E-state index in [1.165, 1.54) is 5.56 Å². The number of nitrogens with zero attached hydrogens (tertiary/aromatic N) is 1. The molecule has 2 rings (SSSR count). The Morgan fingerprint density at radius 1 is 1.47 bits per heavy atom. The van der Waals surface area contributed by atoms with Crippen molar-refractivity contribution in [1.29, 1.82) is 0 Å². The highest BCUT2D eigenvalue weighted by atomic mass is 79.9. The summed E-state index contributed by atoms with van der Waals surface area (Å²) < 4.78 is 6.16. The SMILES string of the molecule is COc1ccc(C(Br)Cc2ncc[nH]2)cc1Br. The summed E-state index contributed by atoms with van der Waals surface area (Å²) in [5.41, 5.74) is 1.19. The fourth-order valence-electron chi connectivity index (χ4n) is 1.57. The minimum absolute atomic E-state index is 0.232. The number of imidazole rings is 1. The fourth-order valence-corrected chi connectivity index (χ4v) is 2.72. The molecule has 5 heteroatoms. The van der Waals surface area contributed by atoms with Gasteiger partial charge in [-0.25, -0.2) is 4.98 Å². The van der Waals surface area contributed by atoms with Crippen molar-refractivity contribution < 1.29 is 4.74 Å². The van der Waals surface area contributed by atoms with Crippen molar-refractivity contribution in [3.05, 3.63) is 46.5 Å². The Labute approximate surface area is 117 Å². The maximum absolute atomic E-state index is 5.20. The van der Waals surface area contributed by atoms with Crippen LogP contribution < -0.4 is 4.74 Å². The number of hydrogen-bond donors (Lipinski definition) is 1. The highest BCUT2D eigenvalue weighted by Gasteiger charge is 2.11. The van der Waals surface area contributed by atoms with Gasteiger partial charge in [-0.05, 0) is 33.6 Å². The first kappa shape index (κ1) is 12.6. The number of methoxy groups -OCH3 is 1. The molecule has 0 fully saturated rings. The smallest absolute Gasteiger partial charge is 0.133 e. The molecule has 0 saturated heterocycles. The number of aromatic nitrogens is 2. The van der Waals surface area contributed by atoms with E-state index in [0.29, 0.717) is 0 Å². The molecule has 1 aromatic carbocycles. The van der Waals surface area contributed by atoms with Crippen molar-refractivity contribution in [3.8, 4) is 5.75 Å². The van der Waals surface area contributed by atoms with Crippen LogP contribution in [0.15, 0.2) is 35.1 Å². The Bertz CT molecular complexity index is 485. The molecule has 3 nitrogen and oxygen atoms in total. The van der Waals surface area contributed by atoms with Crippen molar-refractivity contribution in [1.82, 2.24) is 9.97 Å². The molecule has 0 radical (unpaired) electrons. The van der Waals surface area contributed by atoms with Crippen LogP contribution >= 0.6 is 31.9 Å². The molecule has 90 valence electrons. The van der Waals surface area contributed by atoms with Crippen LogP contribution in [0.3, 0.4) is 0 Å². The maximum atomic E-state index is 5.20. The van der Waals surface area contributed by atoms with Crippen LogP contribution in [0.4, 0.5) is 0 Å². The summed E-state index contributed by atoms with van der Waals surface area (Å²) in [6.07, 6.45) is 4.42. The molecule has 0 bridgehead atoms. The molecule has 1 atom stereocenters. The maximum Gasteiger partial charge on any atom is 0.133 e. The van der Waals surface area contributed by atoms with E-state index in [1.54, 1.807) is 13.3 Å². The van der Waals surface area contributed by atoms with Gasteiger partial charge in [0, 0.05) is 23.6 Å². The van der Waals surface area contributed by atoms with Crippen LogP contribution in [-0.4, -0.2) is 17.1 Å². The molecule has 0 saturated carbocycles. The van der Waals surface area contributed by atoms with Gasteiger partial charge in [0.15, 0.2) is 0 Å².